The number of aromatic nitrogens is 3. The molecule has 0 aliphatic heterocycles. The van der Waals surface area contributed by atoms with Gasteiger partial charge in [0.15, 0.2) is 17.5 Å². The summed E-state index contributed by atoms with van der Waals surface area (Å²) in [7, 11) is 0. The molecule has 0 aliphatic carbocycles. The molecule has 8 aromatic carbocycles. The van der Waals surface area contributed by atoms with Crippen LogP contribution in [0.1, 0.15) is 20.6 Å². The quantitative estimate of drug-likeness (QED) is 0.165. The standard InChI is InChI=1S/C49H32N4O/c1-4-14-35(15-5-1)47-50-48(36-16-6-2-7-17-36)52-49(51-47)43-21-12-22-44-46(43)42-30-26-38(32-45(42)54-44)34-23-27-40(28-24-34)53(39-19-8-3-9-20-39)41-29-25-33-13-10-11-18-37(33)31-41/h1-32H/i3D,8D,9D,10D,11D,13D,18D,19D,20D,25D,26D,29D,30D,31D,32D. The highest BCUT2D eigenvalue weighted by Gasteiger charge is 2.19. The molecule has 0 unspecified atom stereocenters. The molecule has 0 radical (unpaired) electrons. The Hall–Kier alpha value is -7.37. The Morgan fingerprint density at radius 2 is 1.09 bits per heavy atom. The highest BCUT2D eigenvalue weighted by atomic mass is 16.3. The van der Waals surface area contributed by atoms with Crippen LogP contribution in [0.2, 0.25) is 0 Å². The number of furan rings is 1. The van der Waals surface area contributed by atoms with Crippen molar-refractivity contribution >= 4 is 49.8 Å². The number of hydrogen-bond donors (Lipinski definition) is 0. The van der Waals surface area contributed by atoms with E-state index in [0.717, 1.165) is 16.0 Å². The lowest BCUT2D eigenvalue weighted by Gasteiger charge is -2.26. The maximum atomic E-state index is 9.48. The van der Waals surface area contributed by atoms with E-state index in [1.54, 1.807) is 18.2 Å². The molecule has 0 spiro atoms. The molecule has 54 heavy (non-hydrogen) atoms. The van der Waals surface area contributed by atoms with E-state index in [1.807, 2.05) is 60.7 Å². The van der Waals surface area contributed by atoms with E-state index in [4.69, 9.17) is 34.4 Å². The summed E-state index contributed by atoms with van der Waals surface area (Å²) in [6.07, 6.45) is 0. The van der Waals surface area contributed by atoms with Gasteiger partial charge in [0.1, 0.15) is 11.2 Å². The van der Waals surface area contributed by atoms with Gasteiger partial charge in [-0.1, -0.05) is 139 Å². The van der Waals surface area contributed by atoms with Gasteiger partial charge in [0.25, 0.3) is 0 Å². The Kier molecular flexibility index (Phi) is 4.80. The van der Waals surface area contributed by atoms with Crippen molar-refractivity contribution in [1.82, 2.24) is 15.0 Å². The molecule has 0 bridgehead atoms. The molecule has 0 atom stereocenters. The van der Waals surface area contributed by atoms with Crippen LogP contribution < -0.4 is 4.90 Å². The van der Waals surface area contributed by atoms with E-state index in [1.165, 1.54) is 24.3 Å². The minimum atomic E-state index is -0.744. The summed E-state index contributed by atoms with van der Waals surface area (Å²) in [5.41, 5.74) is 1.44. The Labute approximate surface area is 333 Å². The molecule has 2 heterocycles. The maximum absolute atomic E-state index is 9.48. The molecule has 10 aromatic rings. The van der Waals surface area contributed by atoms with E-state index < -0.39 is 94.7 Å². The Bertz CT molecular complexity index is 3710. The number of nitrogens with zero attached hydrogens (tertiary/aromatic N) is 4. The predicted octanol–water partition coefficient (Wildman–Crippen LogP) is 13.1. The van der Waals surface area contributed by atoms with Crippen molar-refractivity contribution in [2.45, 2.75) is 0 Å². The summed E-state index contributed by atoms with van der Waals surface area (Å²) >= 11 is 0. The number of hydrogen-bond acceptors (Lipinski definition) is 5. The van der Waals surface area contributed by atoms with E-state index >= 15 is 0 Å². The number of para-hydroxylation sites is 1. The minimum absolute atomic E-state index is 0.000278. The average molecular weight is 708 g/mol. The van der Waals surface area contributed by atoms with Crippen LogP contribution in [-0.4, -0.2) is 15.0 Å². The van der Waals surface area contributed by atoms with Gasteiger partial charge in [0, 0.05) is 44.5 Å². The predicted molar refractivity (Wildman–Crippen MR) is 221 cm³/mol. The first-order valence-electron chi connectivity index (χ1n) is 24.3. The zero-order valence-corrected chi connectivity index (χ0v) is 28.0. The molecule has 10 rings (SSSR count). The van der Waals surface area contributed by atoms with Gasteiger partial charge in [0.05, 0.1) is 20.6 Å². The van der Waals surface area contributed by atoms with Gasteiger partial charge in [0.2, 0.25) is 0 Å². The summed E-state index contributed by atoms with van der Waals surface area (Å²) in [5, 5.41) is -0.231. The van der Waals surface area contributed by atoms with Crippen LogP contribution in [0, 0.1) is 0 Å². The largest absolute Gasteiger partial charge is 0.456 e. The molecule has 0 saturated heterocycles. The van der Waals surface area contributed by atoms with Crippen LogP contribution >= 0.6 is 0 Å². The van der Waals surface area contributed by atoms with Gasteiger partial charge in [-0.05, 0) is 76.4 Å². The second kappa shape index (κ2) is 13.3. The lowest BCUT2D eigenvalue weighted by molar-refractivity contribution is 0.669. The molecular formula is C49H32N4O. The van der Waals surface area contributed by atoms with Crippen molar-refractivity contribution < 1.29 is 25.0 Å². The highest BCUT2D eigenvalue weighted by Crippen LogP contribution is 2.40. The van der Waals surface area contributed by atoms with E-state index in [2.05, 4.69) is 0 Å². The third kappa shape index (κ3) is 5.74. The summed E-state index contributed by atoms with van der Waals surface area (Å²) in [5.74, 6) is 1.08. The molecule has 0 fully saturated rings. The summed E-state index contributed by atoms with van der Waals surface area (Å²) in [6.45, 7) is 0. The molecule has 2 aromatic heterocycles. The zero-order chi connectivity index (χ0) is 48.9. The molecular weight excluding hydrogens is 661 g/mol. The Balaban J connectivity index is 1.16. The van der Waals surface area contributed by atoms with Crippen LogP contribution in [0.5, 0.6) is 0 Å². The fraction of sp³-hybridized carbons (Fsp3) is 0. The topological polar surface area (TPSA) is 55.1 Å². The second-order valence-corrected chi connectivity index (χ2v) is 12.1. The van der Waals surface area contributed by atoms with Crippen molar-refractivity contribution in [3.8, 4) is 45.3 Å². The summed E-state index contributed by atoms with van der Waals surface area (Å²) in [6, 6.07) is 20.4. The lowest BCUT2D eigenvalue weighted by Crippen LogP contribution is -2.09. The van der Waals surface area contributed by atoms with Gasteiger partial charge in [-0.3, -0.25) is 0 Å². The molecule has 254 valence electrons. The first-order chi connectivity index (χ1) is 33.0. The van der Waals surface area contributed by atoms with Crippen molar-refractivity contribution in [1.29, 1.82) is 0 Å². The lowest BCUT2D eigenvalue weighted by atomic mass is 10.0. The van der Waals surface area contributed by atoms with Crippen LogP contribution in [0.15, 0.2) is 198 Å². The van der Waals surface area contributed by atoms with Crippen LogP contribution in [0.4, 0.5) is 17.1 Å². The van der Waals surface area contributed by atoms with E-state index in [-0.39, 0.29) is 51.7 Å². The first kappa shape index (κ1) is 19.5. The van der Waals surface area contributed by atoms with Crippen LogP contribution in [-0.2, 0) is 0 Å². The molecule has 5 nitrogen and oxygen atoms in total. The van der Waals surface area contributed by atoms with E-state index in [0.29, 0.717) is 28.2 Å². The molecule has 0 N–H and O–H groups in total. The van der Waals surface area contributed by atoms with Gasteiger partial charge in [-0.25, -0.2) is 15.0 Å². The van der Waals surface area contributed by atoms with Crippen molar-refractivity contribution in [3.63, 3.8) is 0 Å². The van der Waals surface area contributed by atoms with Crippen LogP contribution in [0.3, 0.4) is 0 Å². The van der Waals surface area contributed by atoms with Crippen molar-refractivity contribution in [2.75, 3.05) is 4.90 Å². The third-order valence-electron chi connectivity index (χ3n) is 8.79. The summed E-state index contributed by atoms with van der Waals surface area (Å²) < 4.78 is 139. The zero-order valence-electron chi connectivity index (χ0n) is 43.0. The van der Waals surface area contributed by atoms with Gasteiger partial charge in [-0.15, -0.1) is 0 Å². The normalized spacial score (nSPS) is 15.2. The smallest absolute Gasteiger partial charge is 0.164 e. The molecule has 0 amide bonds. The minimum Gasteiger partial charge on any atom is -0.456 e. The third-order valence-corrected chi connectivity index (χ3v) is 8.79. The molecule has 0 aliphatic rings. The van der Waals surface area contributed by atoms with Gasteiger partial charge >= 0.3 is 0 Å². The van der Waals surface area contributed by atoms with Crippen molar-refractivity contribution in [3.05, 3.63) is 194 Å². The second-order valence-electron chi connectivity index (χ2n) is 12.1. The van der Waals surface area contributed by atoms with Crippen LogP contribution in [0.25, 0.3) is 78.0 Å². The van der Waals surface area contributed by atoms with Gasteiger partial charge < -0.3 is 9.32 Å². The maximum Gasteiger partial charge on any atom is 0.164 e. The SMILES string of the molecule is [2H]c1c([2H])c([2H])c(N(c2ccc(-c3c([2H])c([2H])c4c(oc5cccc(-c6nc(-c7ccccc7)nc(-c7ccccc7)n6)c54)c3[2H])cc2)c2c([2H])c([2H])c3c([2H])c([2H])c([2H])c([2H])c3c2[2H])c([2H])c1[2H]. The van der Waals surface area contributed by atoms with Gasteiger partial charge in [-0.2, -0.15) is 0 Å². The number of fused-ring (bicyclic) bond motifs is 4. The fourth-order valence-electron chi connectivity index (χ4n) is 6.27. The van der Waals surface area contributed by atoms with E-state index in [9.17, 15) is 5.48 Å². The molecule has 5 heteroatoms. The summed E-state index contributed by atoms with van der Waals surface area (Å²) in [4.78, 5) is 15.5. The monoisotopic (exact) mass is 707 g/mol. The Morgan fingerprint density at radius 3 is 1.81 bits per heavy atom. The number of rotatable bonds is 7. The number of anilines is 3. The Morgan fingerprint density at radius 1 is 0.426 bits per heavy atom. The molecule has 0 saturated carbocycles. The number of benzene rings is 8. The highest BCUT2D eigenvalue weighted by molar-refractivity contribution is 6.12. The fourth-order valence-corrected chi connectivity index (χ4v) is 6.27. The average Bonchev–Trinajstić information content (AvgIpc) is 3.77. The first-order valence-corrected chi connectivity index (χ1v) is 16.8. The van der Waals surface area contributed by atoms with Crippen molar-refractivity contribution in [2.24, 2.45) is 0 Å².